The Balaban J connectivity index is 2.00. The average molecular weight is 215 g/mol. The van der Waals surface area contributed by atoms with E-state index in [-0.39, 0.29) is 0 Å². The molecule has 0 saturated heterocycles. The molecule has 0 spiro atoms. The van der Waals surface area contributed by atoms with Crippen LogP contribution in [0.15, 0.2) is 29.3 Å². The van der Waals surface area contributed by atoms with Crippen molar-refractivity contribution in [3.63, 3.8) is 0 Å². The fourth-order valence-electron chi connectivity index (χ4n) is 2.88. The van der Waals surface area contributed by atoms with Gasteiger partial charge in [-0.15, -0.1) is 0 Å². The van der Waals surface area contributed by atoms with Gasteiger partial charge in [-0.1, -0.05) is 25.1 Å². The Hall–Kier alpha value is -1.51. The number of aliphatic imine (C=N–C) groups is 1. The zero-order valence-electron chi connectivity index (χ0n) is 9.77. The summed E-state index contributed by atoms with van der Waals surface area (Å²) in [6, 6.07) is 9.04. The third-order valence-corrected chi connectivity index (χ3v) is 3.68. The lowest BCUT2D eigenvalue weighted by Gasteiger charge is -2.25. The van der Waals surface area contributed by atoms with Crippen LogP contribution in [-0.2, 0) is 0 Å². The standard InChI is InChI=1S/C13H17N3/c1-9-10-5-3-4-6-11(10)16(2)12(9)13-14-7-8-15-13/h3-6,9,12H,7-8H2,1-2H3,(H,14,15)/t9-,12-/m0/s1. The van der Waals surface area contributed by atoms with Crippen LogP contribution >= 0.6 is 0 Å². The highest BCUT2D eigenvalue weighted by atomic mass is 15.2. The molecule has 2 aliphatic rings. The van der Waals surface area contributed by atoms with Crippen molar-refractivity contribution in [1.29, 1.82) is 0 Å². The number of hydrogen-bond acceptors (Lipinski definition) is 3. The predicted octanol–water partition coefficient (Wildman–Crippen LogP) is 1.61. The molecule has 0 aliphatic carbocycles. The Bertz CT molecular complexity index is 410. The maximum atomic E-state index is 4.57. The van der Waals surface area contributed by atoms with Gasteiger partial charge in [-0.05, 0) is 11.6 Å². The summed E-state index contributed by atoms with van der Waals surface area (Å²) in [5, 5.41) is 3.40. The van der Waals surface area contributed by atoms with Gasteiger partial charge in [-0.2, -0.15) is 0 Å². The van der Waals surface area contributed by atoms with Gasteiger partial charge in [-0.3, -0.25) is 4.99 Å². The molecule has 0 radical (unpaired) electrons. The lowest BCUT2D eigenvalue weighted by molar-refractivity contribution is 0.695. The number of fused-ring (bicyclic) bond motifs is 1. The minimum absolute atomic E-state index is 0.389. The number of nitrogens with one attached hydrogen (secondary N) is 1. The van der Waals surface area contributed by atoms with Crippen molar-refractivity contribution in [2.24, 2.45) is 4.99 Å². The van der Waals surface area contributed by atoms with Gasteiger partial charge in [0.25, 0.3) is 0 Å². The Morgan fingerprint density at radius 1 is 1.38 bits per heavy atom. The van der Waals surface area contributed by atoms with Gasteiger partial charge in [0, 0.05) is 25.2 Å². The van der Waals surface area contributed by atoms with Gasteiger partial charge < -0.3 is 10.2 Å². The Labute approximate surface area is 96.2 Å². The van der Waals surface area contributed by atoms with Gasteiger partial charge in [0.1, 0.15) is 5.84 Å². The second-order valence-corrected chi connectivity index (χ2v) is 4.60. The molecule has 1 aromatic rings. The molecule has 3 heteroatoms. The molecule has 0 amide bonds. The van der Waals surface area contributed by atoms with E-state index in [1.54, 1.807) is 0 Å². The predicted molar refractivity (Wildman–Crippen MR) is 67.4 cm³/mol. The summed E-state index contributed by atoms with van der Waals surface area (Å²) in [5.74, 6) is 1.68. The van der Waals surface area contributed by atoms with E-state index in [4.69, 9.17) is 0 Å². The fraction of sp³-hybridized carbons (Fsp3) is 0.462. The lowest BCUT2D eigenvalue weighted by Crippen LogP contribution is -2.43. The summed E-state index contributed by atoms with van der Waals surface area (Å²) < 4.78 is 0. The molecule has 2 heterocycles. The smallest absolute Gasteiger partial charge is 0.120 e. The summed E-state index contributed by atoms with van der Waals surface area (Å²) in [7, 11) is 2.16. The average Bonchev–Trinajstić information content (AvgIpc) is 2.89. The van der Waals surface area contributed by atoms with Crippen molar-refractivity contribution < 1.29 is 0 Å². The van der Waals surface area contributed by atoms with Crippen molar-refractivity contribution in [2.75, 3.05) is 25.0 Å². The van der Waals surface area contributed by atoms with Crippen molar-refractivity contribution in [3.8, 4) is 0 Å². The van der Waals surface area contributed by atoms with Crippen LogP contribution in [0, 0.1) is 0 Å². The van der Waals surface area contributed by atoms with Crippen LogP contribution in [0.3, 0.4) is 0 Å². The SMILES string of the molecule is C[C@H]1c2ccccc2N(C)[C@@H]1C1=NCCN1. The fourth-order valence-corrected chi connectivity index (χ4v) is 2.88. The third-order valence-electron chi connectivity index (χ3n) is 3.68. The third kappa shape index (κ3) is 1.24. The molecule has 2 aliphatic heterocycles. The van der Waals surface area contributed by atoms with Crippen LogP contribution in [0.1, 0.15) is 18.4 Å². The number of anilines is 1. The molecule has 1 N–H and O–H groups in total. The van der Waals surface area contributed by atoms with E-state index in [9.17, 15) is 0 Å². The van der Waals surface area contributed by atoms with Crippen LogP contribution in [0.2, 0.25) is 0 Å². The van der Waals surface area contributed by atoms with Crippen LogP contribution < -0.4 is 10.2 Å². The number of nitrogens with zero attached hydrogens (tertiary/aromatic N) is 2. The topological polar surface area (TPSA) is 27.6 Å². The summed E-state index contributed by atoms with van der Waals surface area (Å²) >= 11 is 0. The normalized spacial score (nSPS) is 27.6. The molecule has 0 saturated carbocycles. The van der Waals surface area contributed by atoms with Crippen molar-refractivity contribution in [2.45, 2.75) is 18.9 Å². The summed E-state index contributed by atoms with van der Waals surface area (Å²) in [4.78, 5) is 6.91. The second-order valence-electron chi connectivity index (χ2n) is 4.60. The van der Waals surface area contributed by atoms with E-state index in [0.29, 0.717) is 12.0 Å². The number of benzene rings is 1. The minimum Gasteiger partial charge on any atom is -0.370 e. The van der Waals surface area contributed by atoms with Crippen LogP contribution in [0.4, 0.5) is 5.69 Å². The van der Waals surface area contributed by atoms with Gasteiger partial charge in [0.05, 0.1) is 12.6 Å². The van der Waals surface area contributed by atoms with Crippen molar-refractivity contribution >= 4 is 11.5 Å². The summed E-state index contributed by atoms with van der Waals surface area (Å²) in [6.45, 7) is 4.20. The number of rotatable bonds is 1. The molecular weight excluding hydrogens is 198 g/mol. The van der Waals surface area contributed by atoms with Crippen LogP contribution in [0.25, 0.3) is 0 Å². The van der Waals surface area contributed by atoms with E-state index in [1.165, 1.54) is 11.3 Å². The molecule has 3 nitrogen and oxygen atoms in total. The zero-order valence-corrected chi connectivity index (χ0v) is 9.77. The summed E-state index contributed by atoms with van der Waals surface area (Å²) in [5.41, 5.74) is 2.78. The maximum Gasteiger partial charge on any atom is 0.120 e. The Morgan fingerprint density at radius 3 is 2.88 bits per heavy atom. The van der Waals surface area contributed by atoms with Gasteiger partial charge >= 0.3 is 0 Å². The van der Waals surface area contributed by atoms with Gasteiger partial charge in [-0.25, -0.2) is 0 Å². The largest absolute Gasteiger partial charge is 0.370 e. The van der Waals surface area contributed by atoms with Crippen LogP contribution in [0.5, 0.6) is 0 Å². The molecule has 0 aromatic heterocycles. The highest BCUT2D eigenvalue weighted by Gasteiger charge is 2.37. The molecule has 2 atom stereocenters. The van der Waals surface area contributed by atoms with Gasteiger partial charge in [0.2, 0.25) is 0 Å². The van der Waals surface area contributed by atoms with Crippen molar-refractivity contribution in [3.05, 3.63) is 29.8 Å². The van der Waals surface area contributed by atoms with E-state index in [0.717, 1.165) is 18.9 Å². The number of para-hydroxylation sites is 1. The number of hydrogen-bond donors (Lipinski definition) is 1. The number of likely N-dealkylation sites (N-methyl/N-ethyl adjacent to an activating group) is 1. The quantitative estimate of drug-likeness (QED) is 0.770. The Kier molecular flexibility index (Phi) is 2.13. The first kappa shape index (κ1) is 9.70. The molecule has 16 heavy (non-hydrogen) atoms. The molecule has 0 fully saturated rings. The molecule has 84 valence electrons. The molecule has 0 bridgehead atoms. The first-order chi connectivity index (χ1) is 7.79. The molecule has 3 rings (SSSR count). The molecular formula is C13H17N3. The zero-order chi connectivity index (χ0) is 11.1. The molecule has 0 unspecified atom stereocenters. The van der Waals surface area contributed by atoms with Crippen LogP contribution in [-0.4, -0.2) is 32.0 Å². The second kappa shape index (κ2) is 3.51. The number of amidine groups is 1. The van der Waals surface area contributed by atoms with Gasteiger partial charge in [0.15, 0.2) is 0 Å². The highest BCUT2D eigenvalue weighted by Crippen LogP contribution is 2.39. The first-order valence-corrected chi connectivity index (χ1v) is 5.89. The van der Waals surface area contributed by atoms with Crippen molar-refractivity contribution in [1.82, 2.24) is 5.32 Å². The van der Waals surface area contributed by atoms with E-state index in [1.807, 2.05) is 0 Å². The Morgan fingerprint density at radius 2 is 2.19 bits per heavy atom. The maximum absolute atomic E-state index is 4.57. The van der Waals surface area contributed by atoms with E-state index < -0.39 is 0 Å². The summed E-state index contributed by atoms with van der Waals surface area (Å²) in [6.07, 6.45) is 0. The highest BCUT2D eigenvalue weighted by molar-refractivity contribution is 5.94. The van der Waals surface area contributed by atoms with E-state index >= 15 is 0 Å². The van der Waals surface area contributed by atoms with E-state index in [2.05, 4.69) is 53.4 Å². The lowest BCUT2D eigenvalue weighted by atomic mass is 9.96. The molecule has 1 aromatic carbocycles. The first-order valence-electron chi connectivity index (χ1n) is 5.89. The minimum atomic E-state index is 0.389. The monoisotopic (exact) mass is 215 g/mol.